The summed E-state index contributed by atoms with van der Waals surface area (Å²) in [5.74, 6) is 0.860. The van der Waals surface area contributed by atoms with Gasteiger partial charge in [0.15, 0.2) is 0 Å². The third-order valence-electron chi connectivity index (χ3n) is 5.00. The van der Waals surface area contributed by atoms with Gasteiger partial charge in [-0.15, -0.1) is 0 Å². The van der Waals surface area contributed by atoms with Gasteiger partial charge in [-0.3, -0.25) is 0 Å². The summed E-state index contributed by atoms with van der Waals surface area (Å²) >= 11 is 0. The molecule has 4 heteroatoms. The number of carbonyl (C=O) groups is 1. The van der Waals surface area contributed by atoms with Crippen LogP contribution in [0, 0.1) is 5.92 Å². The quantitative estimate of drug-likeness (QED) is 0.931. The molecule has 120 valence electrons. The van der Waals surface area contributed by atoms with Crippen molar-refractivity contribution in [1.29, 1.82) is 0 Å². The zero-order chi connectivity index (χ0) is 15.4. The van der Waals surface area contributed by atoms with Crippen molar-refractivity contribution in [3.63, 3.8) is 0 Å². The van der Waals surface area contributed by atoms with Crippen LogP contribution in [0.15, 0.2) is 24.3 Å². The maximum absolute atomic E-state index is 12.3. The van der Waals surface area contributed by atoms with Gasteiger partial charge in [0.05, 0.1) is 0 Å². The minimum atomic E-state index is 0.0832. The number of likely N-dealkylation sites (tertiary alicyclic amines) is 1. The van der Waals surface area contributed by atoms with Gasteiger partial charge in [0.25, 0.3) is 0 Å². The zero-order valence-corrected chi connectivity index (χ0v) is 13.6. The Morgan fingerprint density at radius 3 is 2.68 bits per heavy atom. The Hall–Kier alpha value is -1.55. The molecule has 2 aliphatic heterocycles. The van der Waals surface area contributed by atoms with E-state index in [9.17, 15) is 4.79 Å². The van der Waals surface area contributed by atoms with Crippen molar-refractivity contribution in [2.75, 3.05) is 32.7 Å². The van der Waals surface area contributed by atoms with E-state index in [1.54, 1.807) is 0 Å². The Balaban J connectivity index is 1.41. The first kappa shape index (κ1) is 15.3. The predicted octanol–water partition coefficient (Wildman–Crippen LogP) is 2.49. The van der Waals surface area contributed by atoms with Gasteiger partial charge in [-0.1, -0.05) is 31.2 Å². The summed E-state index contributed by atoms with van der Waals surface area (Å²) in [5, 5.41) is 3.09. The molecule has 0 saturated carbocycles. The number of amides is 2. The van der Waals surface area contributed by atoms with Crippen molar-refractivity contribution < 1.29 is 4.79 Å². The second-order valence-corrected chi connectivity index (χ2v) is 6.70. The van der Waals surface area contributed by atoms with E-state index in [0.29, 0.717) is 0 Å². The van der Waals surface area contributed by atoms with Crippen molar-refractivity contribution >= 4 is 6.03 Å². The Bertz CT molecular complexity index is 509. The molecule has 2 amide bonds. The lowest BCUT2D eigenvalue weighted by atomic mass is 9.99. The fourth-order valence-electron chi connectivity index (χ4n) is 3.39. The fraction of sp³-hybridized carbons (Fsp3) is 0.611. The molecule has 2 heterocycles. The first-order valence-corrected chi connectivity index (χ1v) is 8.54. The lowest BCUT2D eigenvalue weighted by Crippen LogP contribution is -2.45. The van der Waals surface area contributed by atoms with Crippen LogP contribution in [0.1, 0.15) is 30.9 Å². The molecule has 0 aromatic heterocycles. The van der Waals surface area contributed by atoms with Gasteiger partial charge >= 0.3 is 6.03 Å². The molecule has 0 radical (unpaired) electrons. The van der Waals surface area contributed by atoms with Gasteiger partial charge < -0.3 is 15.1 Å². The van der Waals surface area contributed by atoms with Gasteiger partial charge in [0.1, 0.15) is 0 Å². The van der Waals surface area contributed by atoms with Crippen LogP contribution < -0.4 is 5.32 Å². The molecule has 0 atom stereocenters. The van der Waals surface area contributed by atoms with Crippen molar-refractivity contribution in [1.82, 2.24) is 15.1 Å². The van der Waals surface area contributed by atoms with Crippen molar-refractivity contribution in [2.45, 2.75) is 32.7 Å². The van der Waals surface area contributed by atoms with Crippen molar-refractivity contribution in [3.8, 4) is 0 Å². The van der Waals surface area contributed by atoms with Crippen LogP contribution in [-0.4, -0.2) is 48.6 Å². The van der Waals surface area contributed by atoms with E-state index in [2.05, 4.69) is 41.4 Å². The Morgan fingerprint density at radius 2 is 1.91 bits per heavy atom. The lowest BCUT2D eigenvalue weighted by molar-refractivity contribution is 0.178. The summed E-state index contributed by atoms with van der Waals surface area (Å²) in [7, 11) is 0. The molecule has 1 N–H and O–H groups in total. The SMILES string of the molecule is CC1CCN(CCNC(=O)N2CCc3ccccc3C2)CC1. The second-order valence-electron chi connectivity index (χ2n) is 6.70. The van der Waals surface area contributed by atoms with E-state index < -0.39 is 0 Å². The normalized spacial score (nSPS) is 19.8. The number of hydrogen-bond acceptors (Lipinski definition) is 2. The average molecular weight is 301 g/mol. The van der Waals surface area contributed by atoms with Crippen LogP contribution in [0.5, 0.6) is 0 Å². The third kappa shape index (κ3) is 3.80. The van der Waals surface area contributed by atoms with E-state index in [1.165, 1.54) is 37.1 Å². The van der Waals surface area contributed by atoms with Gasteiger partial charge in [-0.2, -0.15) is 0 Å². The molecule has 0 unspecified atom stereocenters. The minimum Gasteiger partial charge on any atom is -0.337 e. The van der Waals surface area contributed by atoms with Crippen molar-refractivity contribution in [3.05, 3.63) is 35.4 Å². The van der Waals surface area contributed by atoms with E-state index in [0.717, 1.165) is 38.5 Å². The first-order chi connectivity index (χ1) is 10.7. The van der Waals surface area contributed by atoms with Gasteiger partial charge in [0, 0.05) is 26.2 Å². The number of carbonyl (C=O) groups excluding carboxylic acids is 1. The second kappa shape index (κ2) is 7.14. The number of rotatable bonds is 3. The molecule has 4 nitrogen and oxygen atoms in total. The molecule has 1 fully saturated rings. The van der Waals surface area contributed by atoms with Gasteiger partial charge in [-0.25, -0.2) is 4.79 Å². The van der Waals surface area contributed by atoms with Crippen LogP contribution in [-0.2, 0) is 13.0 Å². The van der Waals surface area contributed by atoms with Crippen LogP contribution >= 0.6 is 0 Å². The van der Waals surface area contributed by atoms with E-state index in [-0.39, 0.29) is 6.03 Å². The number of benzene rings is 1. The van der Waals surface area contributed by atoms with Crippen LogP contribution in [0.3, 0.4) is 0 Å². The number of nitrogens with one attached hydrogen (secondary N) is 1. The first-order valence-electron chi connectivity index (χ1n) is 8.54. The standard InChI is InChI=1S/C18H27N3O/c1-15-6-10-20(11-7-15)13-9-19-18(22)21-12-8-16-4-2-3-5-17(16)14-21/h2-5,15H,6-14H2,1H3,(H,19,22). The summed E-state index contributed by atoms with van der Waals surface area (Å²) in [5.41, 5.74) is 2.67. The van der Waals surface area contributed by atoms with E-state index >= 15 is 0 Å². The number of hydrogen-bond donors (Lipinski definition) is 1. The van der Waals surface area contributed by atoms with E-state index in [1.807, 2.05) is 4.90 Å². The molecular weight excluding hydrogens is 274 g/mol. The third-order valence-corrected chi connectivity index (χ3v) is 5.00. The lowest BCUT2D eigenvalue weighted by Gasteiger charge is -2.31. The van der Waals surface area contributed by atoms with Gasteiger partial charge in [0.2, 0.25) is 0 Å². The molecule has 0 aliphatic carbocycles. The molecule has 0 spiro atoms. The summed E-state index contributed by atoms with van der Waals surface area (Å²) in [6.07, 6.45) is 3.54. The topological polar surface area (TPSA) is 35.6 Å². The monoisotopic (exact) mass is 301 g/mol. The highest BCUT2D eigenvalue weighted by atomic mass is 16.2. The molecule has 2 aliphatic rings. The van der Waals surface area contributed by atoms with E-state index in [4.69, 9.17) is 0 Å². The number of urea groups is 1. The molecule has 3 rings (SSSR count). The smallest absolute Gasteiger partial charge is 0.317 e. The number of nitrogens with zero attached hydrogens (tertiary/aromatic N) is 2. The maximum atomic E-state index is 12.3. The minimum absolute atomic E-state index is 0.0832. The molecule has 1 aromatic carbocycles. The fourth-order valence-corrected chi connectivity index (χ4v) is 3.39. The molecule has 22 heavy (non-hydrogen) atoms. The largest absolute Gasteiger partial charge is 0.337 e. The highest BCUT2D eigenvalue weighted by Gasteiger charge is 2.20. The highest BCUT2D eigenvalue weighted by molar-refractivity contribution is 5.74. The Kier molecular flexibility index (Phi) is 4.98. The zero-order valence-electron chi connectivity index (χ0n) is 13.6. The summed E-state index contributed by atoms with van der Waals surface area (Å²) < 4.78 is 0. The average Bonchev–Trinajstić information content (AvgIpc) is 2.56. The van der Waals surface area contributed by atoms with Crippen LogP contribution in [0.25, 0.3) is 0 Å². The van der Waals surface area contributed by atoms with Gasteiger partial charge in [-0.05, 0) is 49.4 Å². The molecule has 1 saturated heterocycles. The number of fused-ring (bicyclic) bond motifs is 1. The Labute approximate surface area is 133 Å². The Morgan fingerprint density at radius 1 is 1.18 bits per heavy atom. The maximum Gasteiger partial charge on any atom is 0.317 e. The molecule has 0 bridgehead atoms. The number of piperidine rings is 1. The highest BCUT2D eigenvalue weighted by Crippen LogP contribution is 2.18. The predicted molar refractivity (Wildman–Crippen MR) is 88.8 cm³/mol. The molecule has 1 aromatic rings. The van der Waals surface area contributed by atoms with Crippen molar-refractivity contribution in [2.24, 2.45) is 5.92 Å². The molecular formula is C18H27N3O. The van der Waals surface area contributed by atoms with Crippen LogP contribution in [0.4, 0.5) is 4.79 Å². The summed E-state index contributed by atoms with van der Waals surface area (Å²) in [6.45, 7) is 7.97. The summed E-state index contributed by atoms with van der Waals surface area (Å²) in [6, 6.07) is 8.51. The van der Waals surface area contributed by atoms with Crippen LogP contribution in [0.2, 0.25) is 0 Å². The summed E-state index contributed by atoms with van der Waals surface area (Å²) in [4.78, 5) is 16.7.